The molecule has 1 rings (SSSR count). The third-order valence-corrected chi connectivity index (χ3v) is 3.07. The van der Waals surface area contributed by atoms with Crippen LogP contribution in [0, 0.1) is 11.8 Å². The molecule has 2 nitrogen and oxygen atoms in total. The summed E-state index contributed by atoms with van der Waals surface area (Å²) in [6, 6.07) is 0. The van der Waals surface area contributed by atoms with Crippen molar-refractivity contribution >= 4 is 0 Å². The minimum Gasteiger partial charge on any atom is -0.396 e. The van der Waals surface area contributed by atoms with E-state index in [-0.39, 0.29) is 0 Å². The SMILES string of the molecule is CC1CCN(CC(C)CCO)CC1. The molecule has 1 atom stereocenters. The minimum absolute atomic E-state index is 0.339. The molecule has 0 amide bonds. The van der Waals surface area contributed by atoms with Gasteiger partial charge in [0.05, 0.1) is 0 Å². The molecular formula is C11H23NO. The van der Waals surface area contributed by atoms with Gasteiger partial charge in [-0.1, -0.05) is 13.8 Å². The van der Waals surface area contributed by atoms with Gasteiger partial charge in [-0.2, -0.15) is 0 Å². The fourth-order valence-electron chi connectivity index (χ4n) is 2.00. The van der Waals surface area contributed by atoms with Gasteiger partial charge in [0.2, 0.25) is 0 Å². The second-order valence-corrected chi connectivity index (χ2v) is 4.60. The van der Waals surface area contributed by atoms with Gasteiger partial charge >= 0.3 is 0 Å². The van der Waals surface area contributed by atoms with E-state index in [0.717, 1.165) is 12.3 Å². The Morgan fingerprint density at radius 1 is 1.38 bits per heavy atom. The van der Waals surface area contributed by atoms with Gasteiger partial charge in [0.25, 0.3) is 0 Å². The van der Waals surface area contributed by atoms with Crippen molar-refractivity contribution in [3.63, 3.8) is 0 Å². The normalized spacial score (nSPS) is 23.3. The number of nitrogens with zero attached hydrogens (tertiary/aromatic N) is 1. The van der Waals surface area contributed by atoms with Crippen molar-refractivity contribution < 1.29 is 5.11 Å². The number of hydrogen-bond donors (Lipinski definition) is 1. The molecule has 1 unspecified atom stereocenters. The number of piperidine rings is 1. The highest BCUT2D eigenvalue weighted by molar-refractivity contribution is 4.71. The summed E-state index contributed by atoms with van der Waals surface area (Å²) < 4.78 is 0. The highest BCUT2D eigenvalue weighted by Gasteiger charge is 2.16. The van der Waals surface area contributed by atoms with Crippen molar-refractivity contribution in [2.24, 2.45) is 11.8 Å². The van der Waals surface area contributed by atoms with Crippen molar-refractivity contribution in [2.45, 2.75) is 33.1 Å². The number of likely N-dealkylation sites (tertiary alicyclic amines) is 1. The Labute approximate surface area is 81.9 Å². The summed E-state index contributed by atoms with van der Waals surface area (Å²) in [5, 5.41) is 8.79. The Bertz CT molecular complexity index is 130. The molecule has 0 saturated carbocycles. The molecule has 78 valence electrons. The van der Waals surface area contributed by atoms with Gasteiger partial charge in [0.1, 0.15) is 0 Å². The Balaban J connectivity index is 2.14. The van der Waals surface area contributed by atoms with Gasteiger partial charge in [-0.3, -0.25) is 0 Å². The standard InChI is InChI=1S/C11H23NO/c1-10-3-6-12(7-4-10)9-11(2)5-8-13/h10-11,13H,3-9H2,1-2H3. The van der Waals surface area contributed by atoms with Crippen LogP contribution in [0.25, 0.3) is 0 Å². The van der Waals surface area contributed by atoms with Gasteiger partial charge in [0, 0.05) is 13.2 Å². The summed E-state index contributed by atoms with van der Waals surface area (Å²) in [5.74, 6) is 1.57. The smallest absolute Gasteiger partial charge is 0.0434 e. The van der Waals surface area contributed by atoms with Crippen LogP contribution in [0.4, 0.5) is 0 Å². The van der Waals surface area contributed by atoms with E-state index in [4.69, 9.17) is 5.11 Å². The first-order valence-corrected chi connectivity index (χ1v) is 5.55. The molecule has 1 saturated heterocycles. The van der Waals surface area contributed by atoms with Crippen molar-refractivity contribution in [3.8, 4) is 0 Å². The quantitative estimate of drug-likeness (QED) is 0.721. The molecule has 0 spiro atoms. The molecule has 1 fully saturated rings. The van der Waals surface area contributed by atoms with Crippen LogP contribution in [0.2, 0.25) is 0 Å². The lowest BCUT2D eigenvalue weighted by Gasteiger charge is -2.31. The van der Waals surface area contributed by atoms with Gasteiger partial charge < -0.3 is 10.0 Å². The third-order valence-electron chi connectivity index (χ3n) is 3.07. The fraction of sp³-hybridized carbons (Fsp3) is 1.00. The average Bonchev–Trinajstić information content (AvgIpc) is 2.09. The summed E-state index contributed by atoms with van der Waals surface area (Å²) in [5.41, 5.74) is 0. The first-order chi connectivity index (χ1) is 6.22. The highest BCUT2D eigenvalue weighted by atomic mass is 16.3. The molecule has 0 bridgehead atoms. The molecule has 0 aromatic rings. The molecule has 1 aliphatic rings. The zero-order valence-corrected chi connectivity index (χ0v) is 9.00. The lowest BCUT2D eigenvalue weighted by atomic mass is 9.98. The van der Waals surface area contributed by atoms with Crippen LogP contribution in [-0.4, -0.2) is 36.2 Å². The number of rotatable bonds is 4. The maximum Gasteiger partial charge on any atom is 0.0434 e. The number of aliphatic hydroxyl groups is 1. The van der Waals surface area contributed by atoms with Crippen molar-refractivity contribution in [2.75, 3.05) is 26.2 Å². The van der Waals surface area contributed by atoms with Crippen LogP contribution < -0.4 is 0 Å². The van der Waals surface area contributed by atoms with E-state index in [1.807, 2.05) is 0 Å². The molecule has 2 heteroatoms. The van der Waals surface area contributed by atoms with E-state index < -0.39 is 0 Å². The summed E-state index contributed by atoms with van der Waals surface area (Å²) in [4.78, 5) is 2.54. The topological polar surface area (TPSA) is 23.5 Å². The fourth-order valence-corrected chi connectivity index (χ4v) is 2.00. The molecule has 0 aromatic carbocycles. The maximum absolute atomic E-state index is 8.79. The second-order valence-electron chi connectivity index (χ2n) is 4.60. The van der Waals surface area contributed by atoms with Crippen LogP contribution in [0.3, 0.4) is 0 Å². The molecule has 0 aliphatic carbocycles. The molecular weight excluding hydrogens is 162 g/mol. The summed E-state index contributed by atoms with van der Waals surface area (Å²) in [7, 11) is 0. The Hall–Kier alpha value is -0.0800. The lowest BCUT2D eigenvalue weighted by molar-refractivity contribution is 0.157. The summed E-state index contributed by atoms with van der Waals surface area (Å²) in [6.07, 6.45) is 3.66. The first-order valence-electron chi connectivity index (χ1n) is 5.55. The minimum atomic E-state index is 0.339. The van der Waals surface area contributed by atoms with Gasteiger partial charge in [-0.15, -0.1) is 0 Å². The Kier molecular flexibility index (Phi) is 4.74. The van der Waals surface area contributed by atoms with E-state index in [0.29, 0.717) is 12.5 Å². The predicted octanol–water partition coefficient (Wildman–Crippen LogP) is 1.74. The monoisotopic (exact) mass is 185 g/mol. The van der Waals surface area contributed by atoms with Crippen molar-refractivity contribution in [1.82, 2.24) is 4.90 Å². The van der Waals surface area contributed by atoms with Gasteiger partial charge in [-0.25, -0.2) is 0 Å². The van der Waals surface area contributed by atoms with Gasteiger partial charge in [0.15, 0.2) is 0 Å². The van der Waals surface area contributed by atoms with Crippen LogP contribution in [0.5, 0.6) is 0 Å². The lowest BCUT2D eigenvalue weighted by Crippen LogP contribution is -2.36. The Morgan fingerprint density at radius 3 is 2.54 bits per heavy atom. The van der Waals surface area contributed by atoms with Crippen LogP contribution in [0.15, 0.2) is 0 Å². The molecule has 13 heavy (non-hydrogen) atoms. The zero-order chi connectivity index (χ0) is 9.68. The second kappa shape index (κ2) is 5.61. The van der Waals surface area contributed by atoms with Crippen LogP contribution in [-0.2, 0) is 0 Å². The van der Waals surface area contributed by atoms with Crippen LogP contribution >= 0.6 is 0 Å². The predicted molar refractivity (Wildman–Crippen MR) is 55.7 cm³/mol. The van der Waals surface area contributed by atoms with E-state index in [2.05, 4.69) is 18.7 Å². The van der Waals surface area contributed by atoms with E-state index in [1.165, 1.54) is 32.5 Å². The molecule has 1 N–H and O–H groups in total. The molecule has 0 radical (unpaired) electrons. The van der Waals surface area contributed by atoms with Crippen LogP contribution in [0.1, 0.15) is 33.1 Å². The zero-order valence-electron chi connectivity index (χ0n) is 9.00. The number of aliphatic hydroxyl groups excluding tert-OH is 1. The van der Waals surface area contributed by atoms with E-state index in [9.17, 15) is 0 Å². The maximum atomic E-state index is 8.79. The molecule has 1 heterocycles. The Morgan fingerprint density at radius 2 is 2.00 bits per heavy atom. The first kappa shape index (κ1) is 11.0. The molecule has 1 aliphatic heterocycles. The average molecular weight is 185 g/mol. The van der Waals surface area contributed by atoms with Crippen molar-refractivity contribution in [3.05, 3.63) is 0 Å². The third kappa shape index (κ3) is 4.10. The molecule has 0 aromatic heterocycles. The summed E-state index contributed by atoms with van der Waals surface area (Å²) in [6.45, 7) is 8.61. The highest BCUT2D eigenvalue weighted by Crippen LogP contribution is 2.17. The number of hydrogen-bond acceptors (Lipinski definition) is 2. The van der Waals surface area contributed by atoms with E-state index >= 15 is 0 Å². The van der Waals surface area contributed by atoms with Gasteiger partial charge in [-0.05, 0) is 44.2 Å². The largest absolute Gasteiger partial charge is 0.396 e. The summed E-state index contributed by atoms with van der Waals surface area (Å²) >= 11 is 0. The van der Waals surface area contributed by atoms with Crippen molar-refractivity contribution in [1.29, 1.82) is 0 Å². The van der Waals surface area contributed by atoms with E-state index in [1.54, 1.807) is 0 Å².